The van der Waals surface area contributed by atoms with E-state index in [1.165, 1.54) is 0 Å². The number of hydrogen-bond donors (Lipinski definition) is 2. The maximum Gasteiger partial charge on any atom is 0.255 e. The summed E-state index contributed by atoms with van der Waals surface area (Å²) in [5.41, 5.74) is 8.44. The molecule has 5 heteroatoms. The van der Waals surface area contributed by atoms with E-state index in [2.05, 4.69) is 5.32 Å². The van der Waals surface area contributed by atoms with Crippen LogP contribution in [-0.2, 0) is 0 Å². The lowest BCUT2D eigenvalue weighted by Gasteiger charge is -2.07. The first kappa shape index (κ1) is 12.3. The van der Waals surface area contributed by atoms with E-state index in [0.717, 1.165) is 5.56 Å². The third-order valence-corrected chi connectivity index (χ3v) is 2.99. The van der Waals surface area contributed by atoms with Crippen LogP contribution in [0.5, 0.6) is 11.5 Å². The Bertz CT molecular complexity index is 663. The van der Waals surface area contributed by atoms with Gasteiger partial charge in [-0.1, -0.05) is 0 Å². The zero-order chi connectivity index (χ0) is 14.1. The van der Waals surface area contributed by atoms with Crippen molar-refractivity contribution in [3.8, 4) is 11.5 Å². The number of nitrogens with two attached hydrogens (primary N) is 1. The van der Waals surface area contributed by atoms with Crippen LogP contribution in [0.25, 0.3) is 0 Å². The van der Waals surface area contributed by atoms with Crippen molar-refractivity contribution < 1.29 is 14.3 Å². The lowest BCUT2D eigenvalue weighted by molar-refractivity contribution is 0.102. The number of nitrogens with one attached hydrogen (secondary N) is 1. The second kappa shape index (κ2) is 4.77. The Morgan fingerprint density at radius 2 is 1.95 bits per heavy atom. The van der Waals surface area contributed by atoms with Crippen molar-refractivity contribution in [2.24, 2.45) is 0 Å². The molecule has 3 rings (SSSR count). The molecule has 20 heavy (non-hydrogen) atoms. The second-order valence-corrected chi connectivity index (χ2v) is 4.65. The Morgan fingerprint density at radius 3 is 2.75 bits per heavy atom. The predicted molar refractivity (Wildman–Crippen MR) is 76.1 cm³/mol. The SMILES string of the molecule is Cc1cc(N)cc(C(=O)Nc2ccc3c(c2)OCO3)c1. The van der Waals surface area contributed by atoms with Gasteiger partial charge in [0.25, 0.3) is 5.91 Å². The number of ether oxygens (including phenoxy) is 2. The second-order valence-electron chi connectivity index (χ2n) is 4.65. The summed E-state index contributed by atoms with van der Waals surface area (Å²) >= 11 is 0. The minimum absolute atomic E-state index is 0.209. The van der Waals surface area contributed by atoms with E-state index < -0.39 is 0 Å². The van der Waals surface area contributed by atoms with Crippen molar-refractivity contribution in [3.05, 3.63) is 47.5 Å². The zero-order valence-corrected chi connectivity index (χ0v) is 11.0. The molecular formula is C15H14N2O3. The Labute approximate surface area is 116 Å². The van der Waals surface area contributed by atoms with Gasteiger partial charge in [0.1, 0.15) is 0 Å². The highest BCUT2D eigenvalue weighted by Gasteiger charge is 2.14. The van der Waals surface area contributed by atoms with Crippen molar-refractivity contribution in [2.45, 2.75) is 6.92 Å². The predicted octanol–water partition coefficient (Wildman–Crippen LogP) is 2.56. The smallest absolute Gasteiger partial charge is 0.255 e. The number of nitrogen functional groups attached to an aromatic ring is 1. The summed E-state index contributed by atoms with van der Waals surface area (Å²) in [5.74, 6) is 1.11. The lowest BCUT2D eigenvalue weighted by atomic mass is 10.1. The van der Waals surface area contributed by atoms with Crippen LogP contribution in [0.3, 0.4) is 0 Å². The number of rotatable bonds is 2. The van der Waals surface area contributed by atoms with Crippen LogP contribution < -0.4 is 20.5 Å². The van der Waals surface area contributed by atoms with Crippen molar-refractivity contribution in [3.63, 3.8) is 0 Å². The van der Waals surface area contributed by atoms with Crippen LogP contribution in [0.1, 0.15) is 15.9 Å². The highest BCUT2D eigenvalue weighted by molar-refractivity contribution is 6.05. The van der Waals surface area contributed by atoms with Gasteiger partial charge in [-0.25, -0.2) is 0 Å². The molecule has 5 nitrogen and oxygen atoms in total. The fraction of sp³-hybridized carbons (Fsp3) is 0.133. The largest absolute Gasteiger partial charge is 0.454 e. The van der Waals surface area contributed by atoms with Crippen LogP contribution in [0.15, 0.2) is 36.4 Å². The molecule has 2 aromatic rings. The average molecular weight is 270 g/mol. The topological polar surface area (TPSA) is 73.6 Å². The number of anilines is 2. The van der Waals surface area contributed by atoms with Crippen molar-refractivity contribution in [2.75, 3.05) is 17.8 Å². The first-order valence-corrected chi connectivity index (χ1v) is 6.20. The molecule has 1 aliphatic heterocycles. The van der Waals surface area contributed by atoms with Crippen LogP contribution in [0.2, 0.25) is 0 Å². The Kier molecular flexibility index (Phi) is 2.95. The van der Waals surface area contributed by atoms with Gasteiger partial charge < -0.3 is 20.5 Å². The average Bonchev–Trinajstić information content (AvgIpc) is 2.85. The lowest BCUT2D eigenvalue weighted by Crippen LogP contribution is -2.12. The Balaban J connectivity index is 1.82. The maximum absolute atomic E-state index is 12.2. The third-order valence-electron chi connectivity index (χ3n) is 2.99. The molecular weight excluding hydrogens is 256 g/mol. The first-order valence-electron chi connectivity index (χ1n) is 6.20. The number of aryl methyl sites for hydroxylation is 1. The summed E-state index contributed by atoms with van der Waals surface area (Å²) in [6.45, 7) is 2.11. The van der Waals surface area contributed by atoms with Gasteiger partial charge >= 0.3 is 0 Å². The Hall–Kier alpha value is -2.69. The van der Waals surface area contributed by atoms with Crippen LogP contribution >= 0.6 is 0 Å². The number of hydrogen-bond acceptors (Lipinski definition) is 4. The summed E-state index contributed by atoms with van der Waals surface area (Å²) < 4.78 is 10.5. The molecule has 0 bridgehead atoms. The molecule has 1 amide bonds. The molecule has 0 aromatic heterocycles. The van der Waals surface area contributed by atoms with E-state index in [4.69, 9.17) is 15.2 Å². The van der Waals surface area contributed by atoms with Gasteiger partial charge in [0.2, 0.25) is 6.79 Å². The highest BCUT2D eigenvalue weighted by Crippen LogP contribution is 2.34. The zero-order valence-electron chi connectivity index (χ0n) is 11.0. The van der Waals surface area contributed by atoms with E-state index >= 15 is 0 Å². The summed E-state index contributed by atoms with van der Waals surface area (Å²) in [6.07, 6.45) is 0. The molecule has 0 atom stereocenters. The molecule has 2 aromatic carbocycles. The van der Waals surface area contributed by atoms with Crippen molar-refractivity contribution in [1.82, 2.24) is 0 Å². The minimum Gasteiger partial charge on any atom is -0.454 e. The summed E-state index contributed by atoms with van der Waals surface area (Å²) in [4.78, 5) is 12.2. The van der Waals surface area contributed by atoms with Gasteiger partial charge in [-0.15, -0.1) is 0 Å². The van der Waals surface area contributed by atoms with Gasteiger partial charge in [0, 0.05) is 23.0 Å². The fourth-order valence-electron chi connectivity index (χ4n) is 2.12. The van der Waals surface area contributed by atoms with Gasteiger partial charge in [-0.3, -0.25) is 4.79 Å². The molecule has 0 saturated heterocycles. The standard InChI is InChI=1S/C15H14N2O3/c1-9-4-10(6-11(16)5-9)15(18)17-12-2-3-13-14(7-12)20-8-19-13/h2-7H,8,16H2,1H3,(H,17,18). The van der Waals surface area contributed by atoms with Crippen LogP contribution in [-0.4, -0.2) is 12.7 Å². The molecule has 0 saturated carbocycles. The number of carbonyl (C=O) groups is 1. The van der Waals surface area contributed by atoms with E-state index in [-0.39, 0.29) is 12.7 Å². The van der Waals surface area contributed by atoms with Gasteiger partial charge in [-0.05, 0) is 42.8 Å². The van der Waals surface area contributed by atoms with Crippen LogP contribution in [0.4, 0.5) is 11.4 Å². The minimum atomic E-state index is -0.209. The van der Waals surface area contributed by atoms with Crippen molar-refractivity contribution >= 4 is 17.3 Å². The summed E-state index contributed by atoms with van der Waals surface area (Å²) in [6, 6.07) is 10.5. The number of amides is 1. The fourth-order valence-corrected chi connectivity index (χ4v) is 2.12. The summed E-state index contributed by atoms with van der Waals surface area (Å²) in [7, 11) is 0. The van der Waals surface area contributed by atoms with Crippen LogP contribution in [0, 0.1) is 6.92 Å². The third kappa shape index (κ3) is 2.38. The van der Waals surface area contributed by atoms with Crippen molar-refractivity contribution in [1.29, 1.82) is 0 Å². The van der Waals surface area contributed by atoms with E-state index in [1.807, 2.05) is 13.0 Å². The molecule has 3 N–H and O–H groups in total. The van der Waals surface area contributed by atoms with E-state index in [9.17, 15) is 4.79 Å². The number of carbonyl (C=O) groups excluding carboxylic acids is 1. The maximum atomic E-state index is 12.2. The molecule has 102 valence electrons. The van der Waals surface area contributed by atoms with E-state index in [1.54, 1.807) is 30.3 Å². The first-order chi connectivity index (χ1) is 9.61. The monoisotopic (exact) mass is 270 g/mol. The molecule has 0 unspecified atom stereocenters. The van der Waals surface area contributed by atoms with Gasteiger partial charge in [0.05, 0.1) is 0 Å². The normalized spacial score (nSPS) is 12.2. The molecule has 0 fully saturated rings. The molecule has 0 spiro atoms. The van der Waals surface area contributed by atoms with E-state index in [0.29, 0.717) is 28.4 Å². The van der Waals surface area contributed by atoms with Gasteiger partial charge in [0.15, 0.2) is 11.5 Å². The number of benzene rings is 2. The molecule has 1 aliphatic rings. The molecule has 1 heterocycles. The number of fused-ring (bicyclic) bond motifs is 1. The molecule has 0 radical (unpaired) electrons. The quantitative estimate of drug-likeness (QED) is 0.822. The summed E-state index contributed by atoms with van der Waals surface area (Å²) in [5, 5.41) is 2.81. The Morgan fingerprint density at radius 1 is 1.15 bits per heavy atom. The van der Waals surface area contributed by atoms with Gasteiger partial charge in [-0.2, -0.15) is 0 Å². The highest BCUT2D eigenvalue weighted by atomic mass is 16.7. The molecule has 0 aliphatic carbocycles.